The number of likely N-dealkylation sites (N-methyl/N-ethyl adjacent to an activating group) is 1. The largest absolute Gasteiger partial charge is 0.493 e. The number of ether oxygens (including phenoxy) is 2. The molecule has 4 aromatic rings. The van der Waals surface area contributed by atoms with Gasteiger partial charge in [0.2, 0.25) is 5.91 Å². The van der Waals surface area contributed by atoms with Crippen LogP contribution in [0.3, 0.4) is 0 Å². The fourth-order valence-electron chi connectivity index (χ4n) is 4.06. The maximum atomic E-state index is 13.1. The number of imidazole rings is 1. The molecule has 0 aliphatic carbocycles. The van der Waals surface area contributed by atoms with Crippen LogP contribution in [0.1, 0.15) is 21.7 Å². The minimum Gasteiger partial charge on any atom is -0.493 e. The highest BCUT2D eigenvalue weighted by Crippen LogP contribution is 2.27. The Morgan fingerprint density at radius 2 is 1.67 bits per heavy atom. The van der Waals surface area contributed by atoms with Crippen molar-refractivity contribution >= 4 is 22.8 Å². The Morgan fingerprint density at radius 3 is 2.42 bits per heavy atom. The van der Waals surface area contributed by atoms with Gasteiger partial charge < -0.3 is 24.3 Å². The van der Waals surface area contributed by atoms with E-state index in [0.717, 1.165) is 22.4 Å². The predicted octanol–water partition coefficient (Wildman–Crippen LogP) is 3.68. The van der Waals surface area contributed by atoms with Gasteiger partial charge in [0.25, 0.3) is 5.91 Å². The van der Waals surface area contributed by atoms with Crippen molar-refractivity contribution < 1.29 is 19.1 Å². The zero-order valence-corrected chi connectivity index (χ0v) is 20.7. The number of carbonyl (C=O) groups excluding carboxylic acids is 2. The molecule has 0 saturated heterocycles. The van der Waals surface area contributed by atoms with Gasteiger partial charge in [0.1, 0.15) is 12.4 Å². The number of aromatic nitrogens is 2. The van der Waals surface area contributed by atoms with Gasteiger partial charge in [0, 0.05) is 32.1 Å². The number of methoxy groups -OCH3 is 2. The van der Waals surface area contributed by atoms with Crippen LogP contribution in [0.15, 0.2) is 72.8 Å². The van der Waals surface area contributed by atoms with Crippen molar-refractivity contribution in [3.05, 3.63) is 89.7 Å². The second kappa shape index (κ2) is 11.4. The van der Waals surface area contributed by atoms with Crippen molar-refractivity contribution in [3.63, 3.8) is 0 Å². The van der Waals surface area contributed by atoms with Gasteiger partial charge in [-0.3, -0.25) is 9.59 Å². The van der Waals surface area contributed by atoms with Crippen LogP contribution in [0, 0.1) is 0 Å². The number of hydrogen-bond acceptors (Lipinski definition) is 5. The smallest absolute Gasteiger partial charge is 0.251 e. The number of nitrogens with one attached hydrogen (secondary N) is 1. The lowest BCUT2D eigenvalue weighted by molar-refractivity contribution is -0.131. The highest BCUT2D eigenvalue weighted by molar-refractivity contribution is 5.94. The summed E-state index contributed by atoms with van der Waals surface area (Å²) in [5, 5.41) is 2.93. The van der Waals surface area contributed by atoms with E-state index in [2.05, 4.69) is 5.32 Å². The molecule has 0 aliphatic heterocycles. The van der Waals surface area contributed by atoms with E-state index < -0.39 is 0 Å². The summed E-state index contributed by atoms with van der Waals surface area (Å²) in [6, 6.07) is 22.7. The molecule has 1 N–H and O–H groups in total. The van der Waals surface area contributed by atoms with Crippen molar-refractivity contribution in [2.24, 2.45) is 0 Å². The third kappa shape index (κ3) is 5.66. The Kier molecular flexibility index (Phi) is 7.85. The van der Waals surface area contributed by atoms with E-state index in [1.54, 1.807) is 37.3 Å². The molecule has 36 heavy (non-hydrogen) atoms. The molecular weight excluding hydrogens is 456 g/mol. The molecule has 0 saturated carbocycles. The van der Waals surface area contributed by atoms with Crippen LogP contribution >= 0.6 is 0 Å². The van der Waals surface area contributed by atoms with Crippen LogP contribution in [-0.2, 0) is 24.3 Å². The monoisotopic (exact) mass is 486 g/mol. The van der Waals surface area contributed by atoms with Gasteiger partial charge in [-0.25, -0.2) is 4.98 Å². The summed E-state index contributed by atoms with van der Waals surface area (Å²) < 4.78 is 12.5. The van der Waals surface area contributed by atoms with E-state index in [9.17, 15) is 9.59 Å². The van der Waals surface area contributed by atoms with Gasteiger partial charge in [0.15, 0.2) is 11.5 Å². The first kappa shape index (κ1) is 24.8. The minimum absolute atomic E-state index is 0.0161. The predicted molar refractivity (Wildman–Crippen MR) is 138 cm³/mol. The number of para-hydroxylation sites is 2. The van der Waals surface area contributed by atoms with Crippen molar-refractivity contribution in [3.8, 4) is 11.5 Å². The van der Waals surface area contributed by atoms with Gasteiger partial charge in [-0.15, -0.1) is 0 Å². The highest BCUT2D eigenvalue weighted by Gasteiger charge is 2.17. The molecule has 0 bridgehead atoms. The second-order valence-electron chi connectivity index (χ2n) is 8.41. The molecule has 0 spiro atoms. The molecule has 3 aromatic carbocycles. The van der Waals surface area contributed by atoms with Crippen LogP contribution < -0.4 is 14.8 Å². The topological polar surface area (TPSA) is 85.7 Å². The number of rotatable bonds is 10. The molecular formula is C28H30N4O4. The Labute approximate surface area is 210 Å². The summed E-state index contributed by atoms with van der Waals surface area (Å²) in [7, 11) is 4.88. The number of hydrogen-bond donors (Lipinski definition) is 1. The zero-order chi connectivity index (χ0) is 25.5. The molecule has 4 rings (SSSR count). The Hall–Kier alpha value is -4.33. The molecule has 8 heteroatoms. The maximum Gasteiger partial charge on any atom is 0.251 e. The first-order chi connectivity index (χ1) is 17.5. The number of nitrogens with zero attached hydrogens (tertiary/aromatic N) is 3. The highest BCUT2D eigenvalue weighted by atomic mass is 16.5. The first-order valence-corrected chi connectivity index (χ1v) is 11.7. The number of amides is 2. The van der Waals surface area contributed by atoms with Gasteiger partial charge >= 0.3 is 0 Å². The van der Waals surface area contributed by atoms with Crippen molar-refractivity contribution in [1.29, 1.82) is 0 Å². The maximum absolute atomic E-state index is 13.1. The van der Waals surface area contributed by atoms with Crippen LogP contribution in [0.25, 0.3) is 11.0 Å². The molecule has 1 heterocycles. The molecule has 1 aromatic heterocycles. The van der Waals surface area contributed by atoms with Crippen molar-refractivity contribution in [2.75, 3.05) is 27.8 Å². The lowest BCUT2D eigenvalue weighted by Crippen LogP contribution is -2.31. The van der Waals surface area contributed by atoms with Gasteiger partial charge in [-0.05, 0) is 35.9 Å². The fourth-order valence-corrected chi connectivity index (χ4v) is 4.06. The molecule has 0 fully saturated rings. The van der Waals surface area contributed by atoms with Crippen molar-refractivity contribution in [1.82, 2.24) is 19.8 Å². The van der Waals surface area contributed by atoms with Crippen LogP contribution in [0.5, 0.6) is 11.5 Å². The van der Waals surface area contributed by atoms with Crippen LogP contribution in [0.4, 0.5) is 0 Å². The molecule has 8 nitrogen and oxygen atoms in total. The number of benzene rings is 3. The lowest BCUT2D eigenvalue weighted by atomic mass is 10.2. The Balaban J connectivity index is 1.45. The molecule has 0 aliphatic rings. The van der Waals surface area contributed by atoms with E-state index >= 15 is 0 Å². The summed E-state index contributed by atoms with van der Waals surface area (Å²) in [4.78, 5) is 32.2. The van der Waals surface area contributed by atoms with Crippen LogP contribution in [0.2, 0.25) is 0 Å². The molecule has 0 atom stereocenters. The molecule has 2 amide bonds. The lowest BCUT2D eigenvalue weighted by Gasteiger charge is -2.19. The summed E-state index contributed by atoms with van der Waals surface area (Å²) in [5.41, 5.74) is 3.25. The normalized spacial score (nSPS) is 10.8. The molecule has 0 radical (unpaired) electrons. The summed E-state index contributed by atoms with van der Waals surface area (Å²) in [6.45, 7) is 1.07. The number of fused-ring (bicyclic) bond motifs is 1. The van der Waals surface area contributed by atoms with Crippen LogP contribution in [-0.4, -0.2) is 54.1 Å². The summed E-state index contributed by atoms with van der Waals surface area (Å²) in [6.07, 6.45) is 0.476. The second-order valence-corrected chi connectivity index (χ2v) is 8.41. The average molecular weight is 487 g/mol. The van der Waals surface area contributed by atoms with Gasteiger partial charge in [-0.1, -0.05) is 42.5 Å². The average Bonchev–Trinajstić information content (AvgIpc) is 3.25. The fraction of sp³-hybridized carbons (Fsp3) is 0.250. The van der Waals surface area contributed by atoms with Crippen molar-refractivity contribution in [2.45, 2.75) is 19.5 Å². The molecule has 0 unspecified atom stereocenters. The third-order valence-electron chi connectivity index (χ3n) is 6.00. The minimum atomic E-state index is -0.225. The molecule has 186 valence electrons. The van der Waals surface area contributed by atoms with Gasteiger partial charge in [0.05, 0.1) is 25.3 Å². The summed E-state index contributed by atoms with van der Waals surface area (Å²) in [5.74, 6) is 1.55. The Bertz CT molecular complexity index is 1350. The number of carbonyl (C=O) groups is 2. The van der Waals surface area contributed by atoms with E-state index in [-0.39, 0.29) is 18.4 Å². The summed E-state index contributed by atoms with van der Waals surface area (Å²) >= 11 is 0. The first-order valence-electron chi connectivity index (χ1n) is 11.7. The van der Waals surface area contributed by atoms with E-state index in [4.69, 9.17) is 14.5 Å². The van der Waals surface area contributed by atoms with Gasteiger partial charge in [-0.2, -0.15) is 0 Å². The zero-order valence-electron chi connectivity index (χ0n) is 20.7. The standard InChI is InChI=1S/C28H30N4O4/c1-31(18-20-9-5-4-6-10-20)27(33)19-32-23-12-8-7-11-22(23)30-26(32)15-16-29-28(34)21-13-14-24(35-2)25(17-21)36-3/h4-14,17H,15-16,18-19H2,1-3H3,(H,29,34). The third-order valence-corrected chi connectivity index (χ3v) is 6.00. The van der Waals surface area contributed by atoms with E-state index in [1.165, 1.54) is 7.11 Å². The Morgan fingerprint density at radius 1 is 0.944 bits per heavy atom. The van der Waals surface area contributed by atoms with E-state index in [0.29, 0.717) is 36.6 Å². The van der Waals surface area contributed by atoms with E-state index in [1.807, 2.05) is 59.2 Å². The quantitative estimate of drug-likeness (QED) is 0.370. The SMILES string of the molecule is COc1ccc(C(=O)NCCc2nc3ccccc3n2CC(=O)N(C)Cc2ccccc2)cc1OC.